The van der Waals surface area contributed by atoms with Crippen molar-refractivity contribution in [2.24, 2.45) is 0 Å². The Labute approximate surface area is 362 Å². The van der Waals surface area contributed by atoms with Gasteiger partial charge in [-0.15, -0.1) is 23.6 Å². The minimum atomic E-state index is -0.0302. The van der Waals surface area contributed by atoms with Crippen molar-refractivity contribution < 1.29 is 25.8 Å². The average molecular weight is 955 g/mol. The van der Waals surface area contributed by atoms with Crippen LogP contribution in [0.15, 0.2) is 170 Å². The van der Waals surface area contributed by atoms with E-state index in [2.05, 4.69) is 169 Å². The third-order valence-corrected chi connectivity index (χ3v) is 11.2. The number of benzene rings is 7. The summed E-state index contributed by atoms with van der Waals surface area (Å²) in [4.78, 5) is 15.5. The molecular formula is C53H37N5OPt. The van der Waals surface area contributed by atoms with Gasteiger partial charge in [-0.3, -0.25) is 9.97 Å². The van der Waals surface area contributed by atoms with E-state index < -0.39 is 0 Å². The van der Waals surface area contributed by atoms with E-state index in [1.807, 2.05) is 42.6 Å². The van der Waals surface area contributed by atoms with Gasteiger partial charge in [0.25, 0.3) is 0 Å². The molecule has 0 amide bonds. The van der Waals surface area contributed by atoms with E-state index in [0.29, 0.717) is 11.5 Å². The Morgan fingerprint density at radius 3 is 1.95 bits per heavy atom. The second-order valence-corrected chi connectivity index (χ2v) is 15.9. The molecule has 11 rings (SSSR count). The van der Waals surface area contributed by atoms with Crippen LogP contribution in [0.1, 0.15) is 26.3 Å². The maximum absolute atomic E-state index is 6.64. The number of pyridine rings is 1. The van der Waals surface area contributed by atoms with Gasteiger partial charge >= 0.3 is 21.1 Å². The Kier molecular flexibility index (Phi) is 9.19. The van der Waals surface area contributed by atoms with Crippen molar-refractivity contribution in [3.05, 3.63) is 188 Å². The van der Waals surface area contributed by atoms with Crippen molar-refractivity contribution in [3.8, 4) is 51.0 Å². The number of fused-ring (bicyclic) bond motifs is 8. The van der Waals surface area contributed by atoms with Gasteiger partial charge in [-0.05, 0) is 74.5 Å². The van der Waals surface area contributed by atoms with Crippen molar-refractivity contribution in [2.75, 3.05) is 0 Å². The molecule has 7 aromatic carbocycles. The van der Waals surface area contributed by atoms with Crippen molar-refractivity contribution in [1.29, 1.82) is 0 Å². The van der Waals surface area contributed by atoms with Gasteiger partial charge in [-0.2, -0.15) is 6.07 Å². The maximum Gasteiger partial charge on any atom is 2.00 e. The van der Waals surface area contributed by atoms with Crippen LogP contribution in [-0.2, 0) is 26.5 Å². The topological polar surface area (TPSA) is 57.2 Å². The normalized spacial score (nSPS) is 11.8. The van der Waals surface area contributed by atoms with Gasteiger partial charge < -0.3 is 13.7 Å². The van der Waals surface area contributed by atoms with Crippen LogP contribution in [0.2, 0.25) is 0 Å². The first-order valence-electron chi connectivity index (χ1n) is 19.9. The fraction of sp³-hybridized carbons (Fsp3) is 0.0755. The molecule has 4 heterocycles. The Morgan fingerprint density at radius 2 is 1.22 bits per heavy atom. The number of para-hydroxylation sites is 3. The summed E-state index contributed by atoms with van der Waals surface area (Å²) in [5.41, 5.74) is 11.9. The van der Waals surface area contributed by atoms with Crippen LogP contribution < -0.4 is 4.74 Å². The van der Waals surface area contributed by atoms with Gasteiger partial charge in [-0.25, -0.2) is 4.98 Å². The summed E-state index contributed by atoms with van der Waals surface area (Å²) in [6.45, 7) is 6.66. The molecule has 0 fully saturated rings. The molecule has 0 N–H and O–H groups in total. The minimum Gasteiger partial charge on any atom is -0.503 e. The monoisotopic (exact) mass is 954 g/mol. The van der Waals surface area contributed by atoms with Crippen LogP contribution in [-0.4, -0.2) is 23.9 Å². The summed E-state index contributed by atoms with van der Waals surface area (Å²) in [5, 5.41) is 2.97. The quantitative estimate of drug-likeness (QED) is 0.156. The molecule has 11 aromatic rings. The number of hydrogen-bond donors (Lipinski definition) is 0. The van der Waals surface area contributed by atoms with Crippen LogP contribution in [0.3, 0.4) is 0 Å². The molecule has 6 nitrogen and oxygen atoms in total. The molecule has 0 spiro atoms. The first-order chi connectivity index (χ1) is 28.9. The summed E-state index contributed by atoms with van der Waals surface area (Å²) < 4.78 is 11.0. The summed E-state index contributed by atoms with van der Waals surface area (Å²) in [6, 6.07) is 63.7. The molecule has 0 saturated carbocycles. The van der Waals surface area contributed by atoms with Gasteiger partial charge in [0.15, 0.2) is 0 Å². The van der Waals surface area contributed by atoms with Crippen molar-refractivity contribution in [3.63, 3.8) is 0 Å². The van der Waals surface area contributed by atoms with Crippen molar-refractivity contribution >= 4 is 49.4 Å². The summed E-state index contributed by atoms with van der Waals surface area (Å²) in [6.07, 6.45) is 1.89. The predicted molar refractivity (Wildman–Crippen MR) is 239 cm³/mol. The fourth-order valence-electron chi connectivity index (χ4n) is 8.34. The summed E-state index contributed by atoms with van der Waals surface area (Å²) in [7, 11) is 0. The van der Waals surface area contributed by atoms with Crippen LogP contribution in [0.5, 0.6) is 11.5 Å². The van der Waals surface area contributed by atoms with Crippen molar-refractivity contribution in [2.45, 2.75) is 26.2 Å². The molecule has 7 heteroatoms. The smallest absolute Gasteiger partial charge is 0.503 e. The Balaban J connectivity index is 0.00000433. The molecule has 0 aliphatic heterocycles. The van der Waals surface area contributed by atoms with E-state index in [1.165, 1.54) is 5.56 Å². The number of aromatic nitrogens is 5. The van der Waals surface area contributed by atoms with Crippen LogP contribution >= 0.6 is 0 Å². The molecule has 0 aliphatic carbocycles. The molecule has 60 heavy (non-hydrogen) atoms. The van der Waals surface area contributed by atoms with E-state index in [1.54, 1.807) is 0 Å². The molecule has 0 atom stereocenters. The molecular weight excluding hydrogens is 918 g/mol. The van der Waals surface area contributed by atoms with Gasteiger partial charge in [0.1, 0.15) is 11.6 Å². The number of hydrogen-bond acceptors (Lipinski definition) is 4. The van der Waals surface area contributed by atoms with Gasteiger partial charge in [0, 0.05) is 28.8 Å². The minimum absolute atomic E-state index is 0. The summed E-state index contributed by atoms with van der Waals surface area (Å²) >= 11 is 0. The van der Waals surface area contributed by atoms with E-state index in [0.717, 1.165) is 88.8 Å². The van der Waals surface area contributed by atoms with E-state index in [4.69, 9.17) is 19.7 Å². The van der Waals surface area contributed by atoms with E-state index >= 15 is 0 Å². The third-order valence-electron chi connectivity index (χ3n) is 11.2. The van der Waals surface area contributed by atoms with Gasteiger partial charge in [0.05, 0.1) is 16.7 Å². The standard InChI is InChI=1S/C53H37N5O.Pt/c1-53(2,3)36-29-30-54-49(31-36)57-46-23-12-10-19-41(46)42-27-25-38(33-48(42)57)59-37-26-28-44-43(32-37)51-56-45-22-11-13-24-47(45)58(51)52(55-44)50-39(34-15-6-4-7-16-34)20-14-21-40(50)35-17-8-5-9-18-35;/h4-31H,1-3H3;/q-2;+2. The molecule has 0 radical (unpaired) electrons. The predicted octanol–water partition coefficient (Wildman–Crippen LogP) is 13.2. The maximum atomic E-state index is 6.64. The second kappa shape index (κ2) is 14.7. The SMILES string of the molecule is CC(C)(C)c1ccnc(-n2c3[c-]c(Oc4[c-]c5c(cc4)nc(-c4c(-c6ccccc6)cccc4-c4ccccc4)n4c6ccccc6nc54)ccc3c3ccccc32)c1.[Pt+2]. The first kappa shape index (κ1) is 37.4. The largest absolute Gasteiger partial charge is 2.00 e. The average Bonchev–Trinajstić information content (AvgIpc) is 3.83. The van der Waals surface area contributed by atoms with Crippen molar-refractivity contribution in [1.82, 2.24) is 23.9 Å². The van der Waals surface area contributed by atoms with Gasteiger partial charge in [0.2, 0.25) is 0 Å². The summed E-state index contributed by atoms with van der Waals surface area (Å²) in [5.74, 6) is 2.76. The van der Waals surface area contributed by atoms with Crippen LogP contribution in [0.4, 0.5) is 0 Å². The van der Waals surface area contributed by atoms with Crippen LogP contribution in [0, 0.1) is 12.1 Å². The molecule has 290 valence electrons. The Bertz CT molecular complexity index is 3340. The number of nitrogens with zero attached hydrogens (tertiary/aromatic N) is 5. The molecule has 4 aromatic heterocycles. The third kappa shape index (κ3) is 6.27. The number of rotatable bonds is 6. The van der Waals surface area contributed by atoms with Gasteiger partial charge in [-0.1, -0.05) is 153 Å². The molecule has 0 aliphatic rings. The zero-order valence-corrected chi connectivity index (χ0v) is 35.4. The fourth-order valence-corrected chi connectivity index (χ4v) is 8.34. The molecule has 0 bridgehead atoms. The Morgan fingerprint density at radius 1 is 0.567 bits per heavy atom. The second-order valence-electron chi connectivity index (χ2n) is 15.9. The Hall–Kier alpha value is -6.88. The zero-order chi connectivity index (χ0) is 39.7. The zero-order valence-electron chi connectivity index (χ0n) is 33.1. The number of imidazole rings is 1. The molecule has 0 unspecified atom stereocenters. The van der Waals surface area contributed by atoms with Crippen LogP contribution in [0.25, 0.3) is 88.8 Å². The van der Waals surface area contributed by atoms with E-state index in [9.17, 15) is 0 Å². The van der Waals surface area contributed by atoms with E-state index in [-0.39, 0.29) is 26.5 Å². The first-order valence-corrected chi connectivity index (χ1v) is 19.9. The number of ether oxygens (including phenoxy) is 1. The molecule has 0 saturated heterocycles.